The lowest BCUT2D eigenvalue weighted by Crippen LogP contribution is -2.34. The number of carbonyl (C=O) groups excluding carboxylic acids is 2. The van der Waals surface area contributed by atoms with E-state index in [2.05, 4.69) is 16.0 Å². The average Bonchev–Trinajstić information content (AvgIpc) is 2.68. The summed E-state index contributed by atoms with van der Waals surface area (Å²) in [5.74, 6) is -0.237. The van der Waals surface area contributed by atoms with Crippen LogP contribution in [-0.2, 0) is 10.0 Å². The quantitative estimate of drug-likeness (QED) is 0.544. The van der Waals surface area contributed by atoms with Gasteiger partial charge in [-0.2, -0.15) is 0 Å². The Morgan fingerprint density at radius 2 is 1.55 bits per heavy atom. The molecule has 0 unspecified atom stereocenters. The molecule has 9 heteroatoms. The highest BCUT2D eigenvalue weighted by atomic mass is 32.2. The molecule has 3 N–H and O–H groups in total. The molecule has 0 aliphatic rings. The van der Waals surface area contributed by atoms with Crippen LogP contribution in [0.25, 0.3) is 0 Å². The first-order chi connectivity index (χ1) is 13.8. The maximum atomic E-state index is 12.2. The van der Waals surface area contributed by atoms with Crippen LogP contribution in [0.1, 0.15) is 23.7 Å². The van der Waals surface area contributed by atoms with Crippen molar-refractivity contribution in [1.82, 2.24) is 9.62 Å². The number of nitrogens with zero attached hydrogens (tertiary/aromatic N) is 1. The number of benzene rings is 2. The molecule has 2 aromatic carbocycles. The van der Waals surface area contributed by atoms with Gasteiger partial charge in [0.1, 0.15) is 0 Å². The minimum Gasteiger partial charge on any atom is -0.338 e. The van der Waals surface area contributed by atoms with Crippen LogP contribution in [0.4, 0.5) is 16.2 Å². The largest absolute Gasteiger partial charge is 0.338 e. The van der Waals surface area contributed by atoms with Crippen molar-refractivity contribution in [2.45, 2.75) is 13.3 Å². The number of sulfonamides is 1. The molecule has 0 aromatic heterocycles. The summed E-state index contributed by atoms with van der Waals surface area (Å²) in [5.41, 5.74) is 1.72. The topological polar surface area (TPSA) is 108 Å². The molecule has 0 atom stereocenters. The highest BCUT2D eigenvalue weighted by Crippen LogP contribution is 2.12. The molecular formula is C20H26N4O4S. The fourth-order valence-electron chi connectivity index (χ4n) is 2.62. The van der Waals surface area contributed by atoms with E-state index < -0.39 is 16.1 Å². The summed E-state index contributed by atoms with van der Waals surface area (Å²) in [7, 11) is -3.22. The van der Waals surface area contributed by atoms with Crippen molar-refractivity contribution < 1.29 is 18.0 Å². The Bertz CT molecular complexity index is 915. The Morgan fingerprint density at radius 1 is 0.931 bits per heavy atom. The number of anilines is 2. The van der Waals surface area contributed by atoms with Crippen molar-refractivity contribution in [2.75, 3.05) is 36.5 Å². The molecule has 156 valence electrons. The van der Waals surface area contributed by atoms with Gasteiger partial charge in [-0.3, -0.25) is 4.79 Å². The molecule has 0 aliphatic carbocycles. The maximum Gasteiger partial charge on any atom is 0.319 e. The molecule has 0 saturated carbocycles. The average molecular weight is 419 g/mol. The van der Waals surface area contributed by atoms with Gasteiger partial charge < -0.3 is 16.0 Å². The third kappa shape index (κ3) is 7.55. The van der Waals surface area contributed by atoms with Crippen LogP contribution in [0.2, 0.25) is 0 Å². The van der Waals surface area contributed by atoms with Gasteiger partial charge in [0, 0.05) is 36.6 Å². The summed E-state index contributed by atoms with van der Waals surface area (Å²) < 4.78 is 24.4. The number of carbonyl (C=O) groups is 2. The smallest absolute Gasteiger partial charge is 0.319 e. The lowest BCUT2D eigenvalue weighted by molar-refractivity contribution is 0.102. The number of rotatable bonds is 9. The summed E-state index contributed by atoms with van der Waals surface area (Å²) in [6.45, 7) is 2.86. The fraction of sp³-hybridized carbons (Fsp3) is 0.300. The van der Waals surface area contributed by atoms with E-state index in [0.717, 1.165) is 0 Å². The Hall–Kier alpha value is -2.91. The van der Waals surface area contributed by atoms with Gasteiger partial charge in [0.15, 0.2) is 0 Å². The number of nitrogens with one attached hydrogen (secondary N) is 3. The van der Waals surface area contributed by atoms with E-state index in [4.69, 9.17) is 0 Å². The molecule has 0 saturated heterocycles. The van der Waals surface area contributed by atoms with Crippen molar-refractivity contribution in [3.05, 3.63) is 60.2 Å². The normalized spacial score (nSPS) is 11.1. The summed E-state index contributed by atoms with van der Waals surface area (Å²) in [6.07, 6.45) is 1.67. The Kier molecular flexibility index (Phi) is 8.17. The van der Waals surface area contributed by atoms with Gasteiger partial charge in [-0.05, 0) is 42.8 Å². The minimum atomic E-state index is -3.22. The lowest BCUT2D eigenvalue weighted by atomic mass is 10.2. The fourth-order valence-corrected chi connectivity index (χ4v) is 3.55. The predicted molar refractivity (Wildman–Crippen MR) is 115 cm³/mol. The molecule has 2 aromatic rings. The van der Waals surface area contributed by atoms with Crippen LogP contribution >= 0.6 is 0 Å². The van der Waals surface area contributed by atoms with E-state index in [1.54, 1.807) is 43.3 Å². The van der Waals surface area contributed by atoms with Gasteiger partial charge >= 0.3 is 6.03 Å². The first-order valence-corrected chi connectivity index (χ1v) is 11.1. The SMILES string of the molecule is CCN(CCCNC(=O)Nc1ccc(C(=O)Nc2ccccc2)cc1)S(C)(=O)=O. The first kappa shape index (κ1) is 22.4. The second kappa shape index (κ2) is 10.6. The number of hydrogen-bond donors (Lipinski definition) is 3. The molecule has 3 amide bonds. The lowest BCUT2D eigenvalue weighted by Gasteiger charge is -2.17. The van der Waals surface area contributed by atoms with E-state index >= 15 is 0 Å². The van der Waals surface area contributed by atoms with Crippen LogP contribution < -0.4 is 16.0 Å². The van der Waals surface area contributed by atoms with Crippen molar-refractivity contribution in [2.24, 2.45) is 0 Å². The molecule has 0 radical (unpaired) electrons. The highest BCUT2D eigenvalue weighted by molar-refractivity contribution is 7.88. The zero-order valence-electron chi connectivity index (χ0n) is 16.5. The Balaban J connectivity index is 1.77. The Morgan fingerprint density at radius 3 is 2.14 bits per heavy atom. The molecule has 29 heavy (non-hydrogen) atoms. The summed E-state index contributed by atoms with van der Waals surface area (Å²) in [4.78, 5) is 24.2. The highest BCUT2D eigenvalue weighted by Gasteiger charge is 2.13. The molecule has 0 spiro atoms. The monoisotopic (exact) mass is 418 g/mol. The second-order valence-corrected chi connectivity index (χ2v) is 8.37. The van der Waals surface area contributed by atoms with Gasteiger partial charge in [0.05, 0.1) is 6.26 Å². The van der Waals surface area contributed by atoms with E-state index in [1.807, 2.05) is 18.2 Å². The van der Waals surface area contributed by atoms with Crippen molar-refractivity contribution >= 4 is 33.3 Å². The van der Waals surface area contributed by atoms with Crippen molar-refractivity contribution in [3.8, 4) is 0 Å². The zero-order chi connectivity index (χ0) is 21.3. The Labute approximate surface area is 171 Å². The molecule has 2 rings (SSSR count). The summed E-state index contributed by atoms with van der Waals surface area (Å²) in [6, 6.07) is 15.3. The number of para-hydroxylation sites is 1. The molecule has 0 heterocycles. The maximum absolute atomic E-state index is 12.2. The minimum absolute atomic E-state index is 0.237. The number of hydrogen-bond acceptors (Lipinski definition) is 4. The van der Waals surface area contributed by atoms with Crippen molar-refractivity contribution in [1.29, 1.82) is 0 Å². The zero-order valence-corrected chi connectivity index (χ0v) is 17.3. The van der Waals surface area contributed by atoms with Gasteiger partial charge in [0.2, 0.25) is 10.0 Å². The van der Waals surface area contributed by atoms with E-state index in [-0.39, 0.29) is 5.91 Å². The van der Waals surface area contributed by atoms with Crippen LogP contribution in [0, 0.1) is 0 Å². The first-order valence-electron chi connectivity index (χ1n) is 9.26. The van der Waals surface area contributed by atoms with Crippen LogP contribution in [-0.4, -0.2) is 50.6 Å². The van der Waals surface area contributed by atoms with E-state index in [1.165, 1.54) is 10.6 Å². The second-order valence-electron chi connectivity index (χ2n) is 6.39. The third-order valence-corrected chi connectivity index (χ3v) is 5.51. The van der Waals surface area contributed by atoms with Crippen LogP contribution in [0.3, 0.4) is 0 Å². The van der Waals surface area contributed by atoms with E-state index in [0.29, 0.717) is 43.0 Å². The van der Waals surface area contributed by atoms with Gasteiger partial charge in [0.25, 0.3) is 5.91 Å². The molecule has 0 aliphatic heterocycles. The molecular weight excluding hydrogens is 392 g/mol. The third-order valence-electron chi connectivity index (χ3n) is 4.13. The summed E-state index contributed by atoms with van der Waals surface area (Å²) in [5, 5.41) is 8.15. The van der Waals surface area contributed by atoms with Gasteiger partial charge in [-0.15, -0.1) is 0 Å². The van der Waals surface area contributed by atoms with Crippen LogP contribution in [0.15, 0.2) is 54.6 Å². The number of urea groups is 1. The molecule has 0 fully saturated rings. The van der Waals surface area contributed by atoms with Crippen molar-refractivity contribution in [3.63, 3.8) is 0 Å². The molecule has 8 nitrogen and oxygen atoms in total. The standard InChI is InChI=1S/C20H26N4O4S/c1-3-24(29(2,27)28)15-7-14-21-20(26)23-18-12-10-16(11-13-18)19(25)22-17-8-5-4-6-9-17/h4-6,8-13H,3,7,14-15H2,1-2H3,(H,22,25)(H2,21,23,26). The predicted octanol–water partition coefficient (Wildman–Crippen LogP) is 2.73. The van der Waals surface area contributed by atoms with Crippen LogP contribution in [0.5, 0.6) is 0 Å². The van der Waals surface area contributed by atoms with Gasteiger partial charge in [-0.1, -0.05) is 25.1 Å². The van der Waals surface area contributed by atoms with Gasteiger partial charge in [-0.25, -0.2) is 17.5 Å². The summed E-state index contributed by atoms with van der Waals surface area (Å²) >= 11 is 0. The number of amides is 3. The molecule has 0 bridgehead atoms. The van der Waals surface area contributed by atoms with E-state index in [9.17, 15) is 18.0 Å².